The number of hydrogen-bond donors (Lipinski definition) is 0. The Morgan fingerprint density at radius 2 is 1.96 bits per heavy atom. The van der Waals surface area contributed by atoms with Crippen LogP contribution >= 0.6 is 15.9 Å². The maximum Gasteiger partial charge on any atom is 0.264 e. The van der Waals surface area contributed by atoms with E-state index < -0.39 is 12.5 Å². The van der Waals surface area contributed by atoms with E-state index in [0.717, 1.165) is 6.54 Å². The molecule has 0 aliphatic rings. The fourth-order valence-corrected chi connectivity index (χ4v) is 2.71. The molecule has 4 nitrogen and oxygen atoms in total. The van der Waals surface area contributed by atoms with Crippen LogP contribution in [0, 0.1) is 6.92 Å². The molecule has 1 atom stereocenters. The predicted octanol–water partition coefficient (Wildman–Crippen LogP) is 5.84. The van der Waals surface area contributed by atoms with Crippen molar-refractivity contribution in [3.63, 3.8) is 0 Å². The van der Waals surface area contributed by atoms with Crippen LogP contribution in [-0.4, -0.2) is 29.8 Å². The summed E-state index contributed by atoms with van der Waals surface area (Å²) in [5.74, 6) is 0.349. The third kappa shape index (κ3) is 5.00. The molecule has 0 radical (unpaired) electrons. The minimum Gasteiger partial charge on any atom is -0.469 e. The maximum atomic E-state index is 13.2. The molecule has 1 heterocycles. The Hall–Kier alpha value is -2.02. The van der Waals surface area contributed by atoms with Gasteiger partial charge in [-0.25, -0.2) is 18.8 Å². The number of benzene rings is 1. The van der Waals surface area contributed by atoms with Gasteiger partial charge in [-0.3, -0.25) is 0 Å². The van der Waals surface area contributed by atoms with E-state index in [9.17, 15) is 8.78 Å². The standard InChI is InChI=1S/C19H22BrF2N3O/c1-5-25(4)11-23-17-10-16(20)19(24-12(17)2)26-13(3)14-8-6-7-9-15(14)18(21)22/h6-11,13,18H,5H2,1-4H3/b23-11+. The third-order valence-corrected chi connectivity index (χ3v) is 4.53. The van der Waals surface area contributed by atoms with Crippen molar-refractivity contribution in [2.24, 2.45) is 4.99 Å². The van der Waals surface area contributed by atoms with Crippen molar-refractivity contribution in [2.45, 2.75) is 33.3 Å². The molecule has 140 valence electrons. The molecule has 0 aliphatic carbocycles. The van der Waals surface area contributed by atoms with Crippen molar-refractivity contribution in [3.8, 4) is 5.88 Å². The largest absolute Gasteiger partial charge is 0.469 e. The monoisotopic (exact) mass is 425 g/mol. The average molecular weight is 426 g/mol. The van der Waals surface area contributed by atoms with Gasteiger partial charge in [0.25, 0.3) is 6.43 Å². The molecule has 1 aromatic heterocycles. The molecule has 1 unspecified atom stereocenters. The smallest absolute Gasteiger partial charge is 0.264 e. The quantitative estimate of drug-likeness (QED) is 0.412. The minimum atomic E-state index is -2.55. The zero-order chi connectivity index (χ0) is 19.3. The van der Waals surface area contributed by atoms with Crippen molar-refractivity contribution in [3.05, 3.63) is 51.6 Å². The normalized spacial score (nSPS) is 12.6. The summed E-state index contributed by atoms with van der Waals surface area (Å²) < 4.78 is 32.9. The number of ether oxygens (including phenoxy) is 1. The van der Waals surface area contributed by atoms with Crippen LogP contribution in [0.4, 0.5) is 14.5 Å². The lowest BCUT2D eigenvalue weighted by atomic mass is 10.0. The van der Waals surface area contributed by atoms with Crippen molar-refractivity contribution >= 4 is 28.0 Å². The Bertz CT molecular complexity index is 783. The van der Waals surface area contributed by atoms with Crippen molar-refractivity contribution in [1.82, 2.24) is 9.88 Å². The van der Waals surface area contributed by atoms with E-state index in [4.69, 9.17) is 4.74 Å². The number of aryl methyl sites for hydroxylation is 1. The fourth-order valence-electron chi connectivity index (χ4n) is 2.32. The van der Waals surface area contributed by atoms with Gasteiger partial charge in [0, 0.05) is 24.7 Å². The van der Waals surface area contributed by atoms with Gasteiger partial charge in [-0.15, -0.1) is 0 Å². The molecule has 0 N–H and O–H groups in total. The number of rotatable bonds is 7. The molecule has 0 saturated carbocycles. The summed E-state index contributed by atoms with van der Waals surface area (Å²) in [5.41, 5.74) is 1.82. The van der Waals surface area contributed by atoms with Gasteiger partial charge >= 0.3 is 0 Å². The van der Waals surface area contributed by atoms with Gasteiger partial charge in [0.2, 0.25) is 5.88 Å². The third-order valence-electron chi connectivity index (χ3n) is 3.96. The summed E-state index contributed by atoms with van der Waals surface area (Å²) in [7, 11) is 1.93. The van der Waals surface area contributed by atoms with Gasteiger partial charge in [-0.2, -0.15) is 0 Å². The molecule has 0 fully saturated rings. The van der Waals surface area contributed by atoms with Crippen LogP contribution in [0.15, 0.2) is 39.8 Å². The zero-order valence-corrected chi connectivity index (χ0v) is 16.8. The van der Waals surface area contributed by atoms with Gasteiger partial charge in [0.05, 0.1) is 22.2 Å². The highest BCUT2D eigenvalue weighted by Crippen LogP contribution is 2.34. The fraction of sp³-hybridized carbons (Fsp3) is 0.368. The number of aromatic nitrogens is 1. The van der Waals surface area contributed by atoms with E-state index in [2.05, 4.69) is 25.9 Å². The highest BCUT2D eigenvalue weighted by atomic mass is 79.9. The Labute approximate surface area is 161 Å². The minimum absolute atomic E-state index is 0.0309. The predicted molar refractivity (Wildman–Crippen MR) is 104 cm³/mol. The van der Waals surface area contributed by atoms with Crippen LogP contribution in [0.25, 0.3) is 0 Å². The molecule has 0 spiro atoms. The topological polar surface area (TPSA) is 37.7 Å². The second-order valence-corrected chi connectivity index (χ2v) is 6.74. The molecule has 2 rings (SSSR count). The van der Waals surface area contributed by atoms with E-state index in [1.165, 1.54) is 6.07 Å². The number of hydrogen-bond acceptors (Lipinski definition) is 3. The number of nitrogens with zero attached hydrogens (tertiary/aromatic N) is 3. The molecule has 26 heavy (non-hydrogen) atoms. The first-order valence-electron chi connectivity index (χ1n) is 8.28. The van der Waals surface area contributed by atoms with Crippen LogP contribution < -0.4 is 4.74 Å². The van der Waals surface area contributed by atoms with E-state index in [1.54, 1.807) is 31.5 Å². The van der Waals surface area contributed by atoms with Gasteiger partial charge in [0.1, 0.15) is 6.10 Å². The molecule has 0 bridgehead atoms. The van der Waals surface area contributed by atoms with Crippen LogP contribution in [0.2, 0.25) is 0 Å². The average Bonchev–Trinajstić information content (AvgIpc) is 2.62. The van der Waals surface area contributed by atoms with Crippen molar-refractivity contribution < 1.29 is 13.5 Å². The van der Waals surface area contributed by atoms with Gasteiger partial charge < -0.3 is 9.64 Å². The number of pyridine rings is 1. The van der Waals surface area contributed by atoms with Gasteiger partial charge in [-0.1, -0.05) is 24.3 Å². The lowest BCUT2D eigenvalue weighted by Gasteiger charge is -2.19. The summed E-state index contributed by atoms with van der Waals surface area (Å²) in [6, 6.07) is 8.18. The molecule has 1 aromatic carbocycles. The van der Waals surface area contributed by atoms with Crippen molar-refractivity contribution in [1.29, 1.82) is 0 Å². The first kappa shape index (κ1) is 20.3. The summed E-state index contributed by atoms with van der Waals surface area (Å²) >= 11 is 3.43. The molecule has 0 amide bonds. The van der Waals surface area contributed by atoms with Crippen LogP contribution in [-0.2, 0) is 0 Å². The van der Waals surface area contributed by atoms with Crippen LogP contribution in [0.3, 0.4) is 0 Å². The van der Waals surface area contributed by atoms with Crippen LogP contribution in [0.5, 0.6) is 5.88 Å². The lowest BCUT2D eigenvalue weighted by molar-refractivity contribution is 0.143. The Kier molecular flexibility index (Phi) is 7.08. The van der Waals surface area contributed by atoms with E-state index in [0.29, 0.717) is 27.3 Å². The highest BCUT2D eigenvalue weighted by molar-refractivity contribution is 9.10. The van der Waals surface area contributed by atoms with E-state index in [-0.39, 0.29) is 5.56 Å². The molecular formula is C19H22BrF2N3O. The van der Waals surface area contributed by atoms with Gasteiger partial charge in [0.15, 0.2) is 0 Å². The SMILES string of the molecule is CCN(C)/C=N/c1cc(Br)c(OC(C)c2ccccc2C(F)F)nc1C. The Morgan fingerprint density at radius 1 is 1.31 bits per heavy atom. The second kappa shape index (κ2) is 9.07. The van der Waals surface area contributed by atoms with E-state index >= 15 is 0 Å². The lowest BCUT2D eigenvalue weighted by Crippen LogP contribution is -2.14. The number of aliphatic imine (C=N–C) groups is 1. The maximum absolute atomic E-state index is 13.2. The summed E-state index contributed by atoms with van der Waals surface area (Å²) in [6.07, 6.45) is -1.38. The second-order valence-electron chi connectivity index (χ2n) is 5.89. The summed E-state index contributed by atoms with van der Waals surface area (Å²) in [4.78, 5) is 10.8. The Balaban J connectivity index is 2.25. The zero-order valence-electron chi connectivity index (χ0n) is 15.2. The summed E-state index contributed by atoms with van der Waals surface area (Å²) in [6.45, 7) is 6.44. The summed E-state index contributed by atoms with van der Waals surface area (Å²) in [5, 5.41) is 0. The van der Waals surface area contributed by atoms with E-state index in [1.807, 2.05) is 31.9 Å². The molecule has 2 aromatic rings. The number of alkyl halides is 2. The Morgan fingerprint density at radius 3 is 2.58 bits per heavy atom. The first-order chi connectivity index (χ1) is 12.3. The molecule has 0 saturated heterocycles. The molecule has 0 aliphatic heterocycles. The first-order valence-corrected chi connectivity index (χ1v) is 9.08. The molecule has 7 heteroatoms. The number of halogens is 3. The molecular weight excluding hydrogens is 404 g/mol. The van der Waals surface area contributed by atoms with Crippen molar-refractivity contribution in [2.75, 3.05) is 13.6 Å². The van der Waals surface area contributed by atoms with Crippen LogP contribution in [0.1, 0.15) is 43.2 Å². The van der Waals surface area contributed by atoms with Gasteiger partial charge in [-0.05, 0) is 42.8 Å². The highest BCUT2D eigenvalue weighted by Gasteiger charge is 2.19.